The Morgan fingerprint density at radius 1 is 1.11 bits per heavy atom. The molecule has 0 aromatic heterocycles. The van der Waals surface area contributed by atoms with E-state index in [1.54, 1.807) is 7.11 Å². The summed E-state index contributed by atoms with van der Waals surface area (Å²) in [5.41, 5.74) is 1.50. The van der Waals surface area contributed by atoms with Gasteiger partial charge in [-0.2, -0.15) is 0 Å². The summed E-state index contributed by atoms with van der Waals surface area (Å²) in [5, 5.41) is 3.75. The average molecular weight is 391 g/mol. The van der Waals surface area contributed by atoms with Crippen LogP contribution in [-0.2, 0) is 11.3 Å². The van der Waals surface area contributed by atoms with E-state index in [0.29, 0.717) is 0 Å². The molecule has 5 nitrogen and oxygen atoms in total. The number of hydrogen-bond donors (Lipinski definition) is 1. The molecule has 1 aromatic carbocycles. The van der Waals surface area contributed by atoms with E-state index < -0.39 is 0 Å². The van der Waals surface area contributed by atoms with Gasteiger partial charge in [0, 0.05) is 31.8 Å². The third-order valence-electron chi connectivity index (χ3n) is 6.22. The third-order valence-corrected chi connectivity index (χ3v) is 6.22. The Bertz CT molecular complexity index is 581. The van der Waals surface area contributed by atoms with Gasteiger partial charge < -0.3 is 19.5 Å². The molecule has 0 saturated carbocycles. The fourth-order valence-electron chi connectivity index (χ4n) is 4.43. The molecule has 158 valence electrons. The number of methoxy groups -OCH3 is 1. The molecule has 3 rings (SSSR count). The maximum absolute atomic E-state index is 5.94. The van der Waals surface area contributed by atoms with Gasteiger partial charge in [0.05, 0.1) is 13.7 Å². The number of piperidine rings is 1. The predicted octanol–water partition coefficient (Wildman–Crippen LogP) is 4.00. The predicted molar refractivity (Wildman–Crippen MR) is 113 cm³/mol. The van der Waals surface area contributed by atoms with Gasteiger partial charge in [-0.3, -0.25) is 4.90 Å². The van der Waals surface area contributed by atoms with Crippen molar-refractivity contribution in [1.82, 2.24) is 10.2 Å². The zero-order valence-electron chi connectivity index (χ0n) is 17.8. The minimum Gasteiger partial charge on any atom is -0.493 e. The van der Waals surface area contributed by atoms with E-state index in [1.165, 1.54) is 37.9 Å². The highest BCUT2D eigenvalue weighted by Crippen LogP contribution is 2.31. The van der Waals surface area contributed by atoms with Gasteiger partial charge in [0.25, 0.3) is 0 Å². The molecule has 2 aliphatic rings. The third kappa shape index (κ3) is 5.62. The van der Waals surface area contributed by atoms with Crippen molar-refractivity contribution in [1.29, 1.82) is 0 Å². The summed E-state index contributed by atoms with van der Waals surface area (Å²) in [6, 6.07) is 6.28. The second kappa shape index (κ2) is 11.0. The van der Waals surface area contributed by atoms with Crippen molar-refractivity contribution in [3.05, 3.63) is 23.8 Å². The van der Waals surface area contributed by atoms with Crippen molar-refractivity contribution in [2.75, 3.05) is 46.6 Å². The van der Waals surface area contributed by atoms with Crippen LogP contribution in [0.2, 0.25) is 0 Å². The zero-order valence-corrected chi connectivity index (χ0v) is 17.8. The van der Waals surface area contributed by atoms with E-state index in [-0.39, 0.29) is 5.54 Å². The average Bonchev–Trinajstić information content (AvgIpc) is 2.75. The van der Waals surface area contributed by atoms with E-state index in [2.05, 4.69) is 29.3 Å². The Hall–Kier alpha value is -1.30. The van der Waals surface area contributed by atoms with Crippen LogP contribution in [0.5, 0.6) is 11.5 Å². The molecule has 2 saturated heterocycles. The van der Waals surface area contributed by atoms with Crippen molar-refractivity contribution in [2.24, 2.45) is 0 Å². The number of benzene rings is 1. The number of nitrogens with zero attached hydrogens (tertiary/aromatic N) is 1. The molecule has 2 heterocycles. The lowest BCUT2D eigenvalue weighted by Crippen LogP contribution is -2.59. The highest BCUT2D eigenvalue weighted by Gasteiger charge is 2.38. The standard InChI is InChI=1S/C23H38N2O3/c1-3-4-14-28-22-17-20(8-9-21(22)26-2)18-24-19-23(10-15-27-16-11-23)25-12-6-5-7-13-25/h8-9,17,24H,3-7,10-16,18-19H2,1-2H3. The van der Waals surface area contributed by atoms with Crippen LogP contribution in [0.15, 0.2) is 18.2 Å². The van der Waals surface area contributed by atoms with Crippen LogP contribution in [0.1, 0.15) is 57.4 Å². The molecular weight excluding hydrogens is 352 g/mol. The number of likely N-dealkylation sites (tertiary alicyclic amines) is 1. The monoisotopic (exact) mass is 390 g/mol. The Morgan fingerprint density at radius 3 is 2.61 bits per heavy atom. The van der Waals surface area contributed by atoms with Crippen LogP contribution in [0.3, 0.4) is 0 Å². The summed E-state index contributed by atoms with van der Waals surface area (Å²) in [7, 11) is 1.70. The second-order valence-electron chi connectivity index (χ2n) is 8.18. The van der Waals surface area contributed by atoms with E-state index in [9.17, 15) is 0 Å². The first-order valence-electron chi connectivity index (χ1n) is 11.1. The second-order valence-corrected chi connectivity index (χ2v) is 8.18. The van der Waals surface area contributed by atoms with Gasteiger partial charge in [0.15, 0.2) is 11.5 Å². The van der Waals surface area contributed by atoms with Crippen LogP contribution in [-0.4, -0.2) is 57.0 Å². The van der Waals surface area contributed by atoms with Gasteiger partial charge >= 0.3 is 0 Å². The van der Waals surface area contributed by atoms with Crippen molar-refractivity contribution in [3.63, 3.8) is 0 Å². The Labute approximate surface area is 170 Å². The molecule has 0 amide bonds. The van der Waals surface area contributed by atoms with Crippen LogP contribution < -0.4 is 14.8 Å². The Balaban J connectivity index is 1.59. The summed E-state index contributed by atoms with van der Waals surface area (Å²) >= 11 is 0. The molecule has 1 N–H and O–H groups in total. The summed E-state index contributed by atoms with van der Waals surface area (Å²) < 4.78 is 17.1. The highest BCUT2D eigenvalue weighted by molar-refractivity contribution is 5.43. The Kier molecular flexibility index (Phi) is 8.44. The van der Waals surface area contributed by atoms with Crippen LogP contribution in [0.4, 0.5) is 0 Å². The molecule has 2 fully saturated rings. The SMILES string of the molecule is CCCCOc1cc(CNCC2(N3CCCCC3)CCOCC2)ccc1OC. The summed E-state index contributed by atoms with van der Waals surface area (Å²) in [6.07, 6.45) is 8.50. The van der Waals surface area contributed by atoms with E-state index >= 15 is 0 Å². The highest BCUT2D eigenvalue weighted by atomic mass is 16.5. The maximum atomic E-state index is 5.94. The lowest BCUT2D eigenvalue weighted by Gasteiger charge is -2.48. The van der Waals surface area contributed by atoms with E-state index in [0.717, 1.165) is 70.1 Å². The summed E-state index contributed by atoms with van der Waals surface area (Å²) in [5.74, 6) is 1.67. The van der Waals surface area contributed by atoms with Gasteiger partial charge in [-0.15, -0.1) is 0 Å². The molecule has 0 aliphatic carbocycles. The normalized spacial score (nSPS) is 20.1. The van der Waals surface area contributed by atoms with Crippen LogP contribution in [0, 0.1) is 0 Å². The molecule has 0 atom stereocenters. The molecule has 28 heavy (non-hydrogen) atoms. The van der Waals surface area contributed by atoms with Crippen LogP contribution in [0.25, 0.3) is 0 Å². The largest absolute Gasteiger partial charge is 0.493 e. The number of rotatable bonds is 10. The maximum Gasteiger partial charge on any atom is 0.161 e. The number of nitrogens with one attached hydrogen (secondary N) is 1. The van der Waals surface area contributed by atoms with Crippen molar-refractivity contribution in [3.8, 4) is 11.5 Å². The van der Waals surface area contributed by atoms with Gasteiger partial charge in [-0.1, -0.05) is 25.8 Å². The first-order valence-corrected chi connectivity index (χ1v) is 11.1. The van der Waals surface area contributed by atoms with Crippen molar-refractivity contribution in [2.45, 2.75) is 64.0 Å². The number of unbranched alkanes of at least 4 members (excludes halogenated alkanes) is 1. The fraction of sp³-hybridized carbons (Fsp3) is 0.739. The van der Waals surface area contributed by atoms with Crippen LogP contribution >= 0.6 is 0 Å². The first kappa shape index (κ1) is 21.4. The molecule has 2 aliphatic heterocycles. The fourth-order valence-corrected chi connectivity index (χ4v) is 4.43. The zero-order chi connectivity index (χ0) is 19.7. The van der Waals surface area contributed by atoms with Gasteiger partial charge in [0.2, 0.25) is 0 Å². The molecular formula is C23H38N2O3. The van der Waals surface area contributed by atoms with E-state index in [1.807, 2.05) is 6.07 Å². The molecule has 0 spiro atoms. The molecule has 1 aromatic rings. The summed E-state index contributed by atoms with van der Waals surface area (Å²) in [6.45, 7) is 9.03. The molecule has 5 heteroatoms. The smallest absolute Gasteiger partial charge is 0.161 e. The lowest BCUT2D eigenvalue weighted by atomic mass is 9.86. The molecule has 0 radical (unpaired) electrons. The summed E-state index contributed by atoms with van der Waals surface area (Å²) in [4.78, 5) is 2.74. The van der Waals surface area contributed by atoms with Gasteiger partial charge in [-0.25, -0.2) is 0 Å². The van der Waals surface area contributed by atoms with Crippen molar-refractivity contribution < 1.29 is 14.2 Å². The minimum absolute atomic E-state index is 0.256. The lowest BCUT2D eigenvalue weighted by molar-refractivity contribution is -0.0358. The topological polar surface area (TPSA) is 43.0 Å². The molecule has 0 unspecified atom stereocenters. The minimum atomic E-state index is 0.256. The number of hydrogen-bond acceptors (Lipinski definition) is 5. The first-order chi connectivity index (χ1) is 13.8. The number of ether oxygens (including phenoxy) is 3. The quantitative estimate of drug-likeness (QED) is 0.612. The Morgan fingerprint density at radius 2 is 1.89 bits per heavy atom. The van der Waals surface area contributed by atoms with E-state index in [4.69, 9.17) is 14.2 Å². The van der Waals surface area contributed by atoms with Gasteiger partial charge in [-0.05, 0) is 62.9 Å². The van der Waals surface area contributed by atoms with Gasteiger partial charge in [0.1, 0.15) is 0 Å². The van der Waals surface area contributed by atoms with Crippen molar-refractivity contribution >= 4 is 0 Å². The molecule has 0 bridgehead atoms.